The summed E-state index contributed by atoms with van der Waals surface area (Å²) in [7, 11) is -3.69. The highest BCUT2D eigenvalue weighted by molar-refractivity contribution is 7.92. The topological polar surface area (TPSA) is 66.5 Å². The highest BCUT2D eigenvalue weighted by Gasteiger charge is 2.20. The molecule has 30 heavy (non-hydrogen) atoms. The summed E-state index contributed by atoms with van der Waals surface area (Å²) in [5.41, 5.74) is 1.24. The van der Waals surface area contributed by atoms with Crippen LogP contribution in [0.4, 0.5) is 15.8 Å². The molecule has 3 aromatic rings. The van der Waals surface area contributed by atoms with Crippen LogP contribution in [0.3, 0.4) is 0 Å². The minimum Gasteiger partial charge on any atom is -0.321 e. The number of carbonyl (C=O) groups excluding carboxylic acids is 1. The Balaban J connectivity index is 1.83. The smallest absolute Gasteiger partial charge is 0.255 e. The molecule has 0 unspecified atom stereocenters. The third kappa shape index (κ3) is 5.30. The number of hydrogen-bond acceptors (Lipinski definition) is 3. The summed E-state index contributed by atoms with van der Waals surface area (Å²) in [4.78, 5) is 12.5. The van der Waals surface area contributed by atoms with E-state index in [2.05, 4.69) is 5.32 Å². The van der Waals surface area contributed by atoms with Gasteiger partial charge < -0.3 is 5.32 Å². The van der Waals surface area contributed by atoms with Gasteiger partial charge in [0, 0.05) is 16.1 Å². The maximum atomic E-state index is 14.0. The number of hydrogen-bond donors (Lipinski definition) is 1. The fraction of sp³-hybridized carbons (Fsp3) is 0.0952. The predicted molar refractivity (Wildman–Crippen MR) is 118 cm³/mol. The average molecular weight is 467 g/mol. The van der Waals surface area contributed by atoms with E-state index in [1.807, 2.05) is 0 Å². The van der Waals surface area contributed by atoms with Crippen molar-refractivity contribution >= 4 is 50.5 Å². The molecule has 0 aliphatic carbocycles. The number of anilines is 2. The zero-order valence-electron chi connectivity index (χ0n) is 15.8. The van der Waals surface area contributed by atoms with Crippen molar-refractivity contribution in [3.8, 4) is 0 Å². The van der Waals surface area contributed by atoms with Crippen molar-refractivity contribution < 1.29 is 17.6 Å². The number of carbonyl (C=O) groups is 1. The lowest BCUT2D eigenvalue weighted by Gasteiger charge is -2.23. The predicted octanol–water partition coefficient (Wildman–Crippen LogP) is 5.35. The quantitative estimate of drug-likeness (QED) is 0.532. The molecule has 0 radical (unpaired) electrons. The largest absolute Gasteiger partial charge is 0.321 e. The minimum atomic E-state index is -3.69. The van der Waals surface area contributed by atoms with E-state index in [0.717, 1.165) is 10.6 Å². The first-order valence-electron chi connectivity index (χ1n) is 8.73. The van der Waals surface area contributed by atoms with Crippen LogP contribution in [0.15, 0.2) is 66.7 Å². The number of halogens is 3. The Morgan fingerprint density at radius 1 is 1.03 bits per heavy atom. The van der Waals surface area contributed by atoms with Gasteiger partial charge in [-0.25, -0.2) is 12.8 Å². The van der Waals surface area contributed by atoms with Crippen LogP contribution >= 0.6 is 23.2 Å². The van der Waals surface area contributed by atoms with Crippen molar-refractivity contribution in [1.29, 1.82) is 0 Å². The van der Waals surface area contributed by atoms with Gasteiger partial charge in [0.15, 0.2) is 0 Å². The molecule has 0 saturated heterocycles. The van der Waals surface area contributed by atoms with Gasteiger partial charge in [0.1, 0.15) is 5.82 Å². The van der Waals surface area contributed by atoms with Gasteiger partial charge in [0.25, 0.3) is 5.91 Å². The van der Waals surface area contributed by atoms with Gasteiger partial charge in [-0.3, -0.25) is 9.10 Å². The third-order valence-corrected chi connectivity index (χ3v) is 5.96. The summed E-state index contributed by atoms with van der Waals surface area (Å²) in [5, 5.41) is 3.40. The van der Waals surface area contributed by atoms with Crippen LogP contribution < -0.4 is 9.62 Å². The van der Waals surface area contributed by atoms with Gasteiger partial charge in [-0.2, -0.15) is 0 Å². The van der Waals surface area contributed by atoms with E-state index in [-0.39, 0.29) is 12.1 Å². The second-order valence-corrected chi connectivity index (χ2v) is 9.24. The van der Waals surface area contributed by atoms with Crippen molar-refractivity contribution in [1.82, 2.24) is 0 Å². The Morgan fingerprint density at radius 3 is 2.30 bits per heavy atom. The van der Waals surface area contributed by atoms with Gasteiger partial charge in [-0.1, -0.05) is 41.4 Å². The van der Waals surface area contributed by atoms with Crippen molar-refractivity contribution in [2.75, 3.05) is 15.9 Å². The van der Waals surface area contributed by atoms with Gasteiger partial charge >= 0.3 is 0 Å². The molecule has 5 nitrogen and oxygen atoms in total. The van der Waals surface area contributed by atoms with Crippen molar-refractivity contribution in [2.24, 2.45) is 0 Å². The van der Waals surface area contributed by atoms with Crippen molar-refractivity contribution in [3.05, 3.63) is 93.7 Å². The molecule has 1 amide bonds. The Kier molecular flexibility index (Phi) is 6.65. The molecule has 0 fully saturated rings. The molecule has 9 heteroatoms. The summed E-state index contributed by atoms with van der Waals surface area (Å²) in [5.74, 6) is -0.923. The molecular formula is C21H17Cl2FN2O3S. The summed E-state index contributed by atoms with van der Waals surface area (Å²) in [6.45, 7) is -0.169. The van der Waals surface area contributed by atoms with Crippen LogP contribution in [0.2, 0.25) is 10.0 Å². The average Bonchev–Trinajstić information content (AvgIpc) is 2.68. The van der Waals surface area contributed by atoms with Crippen LogP contribution in [0.5, 0.6) is 0 Å². The summed E-state index contributed by atoms with van der Waals surface area (Å²) < 4.78 is 39.6. The van der Waals surface area contributed by atoms with Crippen LogP contribution in [0.1, 0.15) is 15.9 Å². The number of amides is 1. The first-order valence-corrected chi connectivity index (χ1v) is 11.3. The lowest BCUT2D eigenvalue weighted by Crippen LogP contribution is -2.29. The number of nitrogens with one attached hydrogen (secondary N) is 1. The molecule has 0 atom stereocenters. The number of rotatable bonds is 6. The highest BCUT2D eigenvalue weighted by atomic mass is 35.5. The fourth-order valence-electron chi connectivity index (χ4n) is 2.75. The Hall–Kier alpha value is -2.61. The molecule has 0 saturated carbocycles. The molecule has 0 heterocycles. The van der Waals surface area contributed by atoms with Gasteiger partial charge in [-0.05, 0) is 48.5 Å². The molecule has 0 bridgehead atoms. The Labute approximate surface area is 184 Å². The molecule has 0 aliphatic rings. The zero-order chi connectivity index (χ0) is 21.9. The van der Waals surface area contributed by atoms with E-state index >= 15 is 0 Å². The van der Waals surface area contributed by atoms with Crippen LogP contribution in [0, 0.1) is 5.82 Å². The summed E-state index contributed by atoms with van der Waals surface area (Å²) in [6.07, 6.45) is 1.04. The second kappa shape index (κ2) is 9.04. The second-order valence-electron chi connectivity index (χ2n) is 6.49. The lowest BCUT2D eigenvalue weighted by atomic mass is 10.1. The molecule has 0 aromatic heterocycles. The lowest BCUT2D eigenvalue weighted by molar-refractivity contribution is 0.102. The molecule has 3 aromatic carbocycles. The molecule has 0 aliphatic heterocycles. The zero-order valence-corrected chi connectivity index (χ0v) is 18.1. The van der Waals surface area contributed by atoms with E-state index in [1.165, 1.54) is 48.5 Å². The third-order valence-electron chi connectivity index (χ3n) is 4.27. The molecule has 156 valence electrons. The molecule has 0 spiro atoms. The van der Waals surface area contributed by atoms with E-state index in [0.29, 0.717) is 27.0 Å². The number of sulfonamides is 1. The number of nitrogens with zero attached hydrogens (tertiary/aromatic N) is 1. The molecule has 1 N–H and O–H groups in total. The number of benzene rings is 3. The maximum absolute atomic E-state index is 14.0. The van der Waals surface area contributed by atoms with Crippen LogP contribution in [-0.4, -0.2) is 20.6 Å². The summed E-state index contributed by atoms with van der Waals surface area (Å²) >= 11 is 11.9. The van der Waals surface area contributed by atoms with Gasteiger partial charge in [-0.15, -0.1) is 0 Å². The standard InChI is InChI=1S/C21H17Cl2FN2O3S/c1-30(28,29)26(13-15-4-2-3-5-19(15)24)17-9-6-14(7-10-17)21(27)25-20-11-8-16(22)12-18(20)23/h2-12H,13H2,1H3,(H,25,27). The monoisotopic (exact) mass is 466 g/mol. The SMILES string of the molecule is CS(=O)(=O)N(Cc1ccccc1F)c1ccc(C(=O)Nc2ccc(Cl)cc2Cl)cc1. The minimum absolute atomic E-state index is 0.169. The van der Waals surface area contributed by atoms with E-state index < -0.39 is 21.7 Å². The fourth-order valence-corrected chi connectivity index (χ4v) is 4.08. The first kappa shape index (κ1) is 22.1. The maximum Gasteiger partial charge on any atom is 0.255 e. The van der Waals surface area contributed by atoms with E-state index in [9.17, 15) is 17.6 Å². The van der Waals surface area contributed by atoms with Gasteiger partial charge in [0.05, 0.1) is 29.2 Å². The normalized spacial score (nSPS) is 11.2. The Morgan fingerprint density at radius 2 is 1.70 bits per heavy atom. The Bertz CT molecular complexity index is 1190. The van der Waals surface area contributed by atoms with Crippen molar-refractivity contribution in [3.63, 3.8) is 0 Å². The highest BCUT2D eigenvalue weighted by Crippen LogP contribution is 2.27. The van der Waals surface area contributed by atoms with Gasteiger partial charge in [0.2, 0.25) is 10.0 Å². The van der Waals surface area contributed by atoms with Crippen molar-refractivity contribution in [2.45, 2.75) is 6.54 Å². The van der Waals surface area contributed by atoms with E-state index in [4.69, 9.17) is 23.2 Å². The van der Waals surface area contributed by atoms with Crippen LogP contribution in [0.25, 0.3) is 0 Å². The first-order chi connectivity index (χ1) is 14.1. The summed E-state index contributed by atoms with van der Waals surface area (Å²) in [6, 6.07) is 16.6. The van der Waals surface area contributed by atoms with E-state index in [1.54, 1.807) is 18.2 Å². The molecular weight excluding hydrogens is 450 g/mol. The van der Waals surface area contributed by atoms with Crippen LogP contribution in [-0.2, 0) is 16.6 Å². The molecule has 3 rings (SSSR count).